The van der Waals surface area contributed by atoms with Crippen LogP contribution in [0, 0.1) is 18.6 Å². The Morgan fingerprint density at radius 1 is 0.938 bits per heavy atom. The van der Waals surface area contributed by atoms with E-state index >= 15 is 0 Å². The van der Waals surface area contributed by atoms with E-state index < -0.39 is 11.6 Å². The van der Waals surface area contributed by atoms with E-state index in [1.165, 1.54) is 6.07 Å². The molecule has 0 atom stereocenters. The summed E-state index contributed by atoms with van der Waals surface area (Å²) in [6.45, 7) is 1.79. The fourth-order valence-electron chi connectivity index (χ4n) is 1.71. The van der Waals surface area contributed by atoms with Gasteiger partial charge in [0.1, 0.15) is 0 Å². The van der Waals surface area contributed by atoms with E-state index in [4.69, 9.17) is 0 Å². The van der Waals surface area contributed by atoms with Crippen LogP contribution in [0.3, 0.4) is 0 Å². The second-order valence-corrected chi connectivity index (χ2v) is 3.82. The first-order valence-corrected chi connectivity index (χ1v) is 5.16. The van der Waals surface area contributed by atoms with Crippen LogP contribution in [0.15, 0.2) is 42.5 Å². The van der Waals surface area contributed by atoms with Crippen LogP contribution in [0.1, 0.15) is 16.7 Å². The first kappa shape index (κ1) is 10.8. The lowest BCUT2D eigenvalue weighted by Gasteiger charge is -2.08. The predicted octanol–water partition coefficient (Wildman–Crippen LogP) is 3.86. The molecular weight excluding hydrogens is 206 g/mol. The minimum atomic E-state index is -0.781. The third-order valence-corrected chi connectivity index (χ3v) is 2.65. The zero-order chi connectivity index (χ0) is 11.5. The number of benzene rings is 2. The van der Waals surface area contributed by atoms with Crippen LogP contribution in [0.2, 0.25) is 0 Å². The fraction of sp³-hybridized carbons (Fsp3) is 0.143. The lowest BCUT2D eigenvalue weighted by Crippen LogP contribution is -1.99. The largest absolute Gasteiger partial charge is 0.204 e. The maximum Gasteiger partial charge on any atom is 0.162 e. The lowest BCUT2D eigenvalue weighted by atomic mass is 10.00. The van der Waals surface area contributed by atoms with Gasteiger partial charge in [0.25, 0.3) is 0 Å². The first-order chi connectivity index (χ1) is 7.68. The second kappa shape index (κ2) is 4.44. The molecule has 0 saturated carbocycles. The minimum absolute atomic E-state index is 0.427. The average molecular weight is 218 g/mol. The Hall–Kier alpha value is -1.70. The number of rotatable bonds is 2. The molecule has 2 rings (SSSR count). The van der Waals surface area contributed by atoms with Crippen molar-refractivity contribution in [3.05, 3.63) is 70.8 Å². The van der Waals surface area contributed by atoms with Gasteiger partial charge in [-0.05, 0) is 29.7 Å². The van der Waals surface area contributed by atoms with Gasteiger partial charge in [0.2, 0.25) is 0 Å². The molecule has 0 aliphatic carbocycles. The van der Waals surface area contributed by atoms with Crippen LogP contribution in [0.4, 0.5) is 8.78 Å². The zero-order valence-electron chi connectivity index (χ0n) is 9.00. The summed E-state index contributed by atoms with van der Waals surface area (Å²) in [4.78, 5) is 0. The predicted molar refractivity (Wildman–Crippen MR) is 60.3 cm³/mol. The number of hydrogen-bond acceptors (Lipinski definition) is 0. The minimum Gasteiger partial charge on any atom is -0.204 e. The van der Waals surface area contributed by atoms with Crippen molar-refractivity contribution in [2.24, 2.45) is 0 Å². The molecule has 0 heterocycles. The molecule has 0 fully saturated rings. The monoisotopic (exact) mass is 218 g/mol. The van der Waals surface area contributed by atoms with Gasteiger partial charge in [0.05, 0.1) is 0 Å². The quantitative estimate of drug-likeness (QED) is 0.718. The molecule has 2 aromatic rings. The highest BCUT2D eigenvalue weighted by Crippen LogP contribution is 2.19. The third-order valence-electron chi connectivity index (χ3n) is 2.65. The Labute approximate surface area is 93.5 Å². The fourth-order valence-corrected chi connectivity index (χ4v) is 1.71. The van der Waals surface area contributed by atoms with Crippen molar-refractivity contribution in [2.45, 2.75) is 13.3 Å². The molecule has 0 N–H and O–H groups in total. The molecule has 0 aliphatic heterocycles. The van der Waals surface area contributed by atoms with Crippen molar-refractivity contribution in [1.29, 1.82) is 0 Å². The maximum absolute atomic E-state index is 13.6. The molecule has 2 heteroatoms. The standard InChI is InChI=1S/C14H12F2/c1-10-7-8-13(15)14(16)12(10)9-11-5-3-2-4-6-11/h2-8H,9H2,1H3. The molecule has 16 heavy (non-hydrogen) atoms. The van der Waals surface area contributed by atoms with Gasteiger partial charge in [-0.2, -0.15) is 0 Å². The van der Waals surface area contributed by atoms with E-state index in [-0.39, 0.29) is 0 Å². The van der Waals surface area contributed by atoms with Gasteiger partial charge in [-0.1, -0.05) is 36.4 Å². The second-order valence-electron chi connectivity index (χ2n) is 3.82. The van der Waals surface area contributed by atoms with E-state index in [9.17, 15) is 8.78 Å². The Bertz CT molecular complexity index is 490. The van der Waals surface area contributed by atoms with Crippen LogP contribution in [0.5, 0.6) is 0 Å². The molecule has 0 amide bonds. The van der Waals surface area contributed by atoms with Crippen LogP contribution < -0.4 is 0 Å². The van der Waals surface area contributed by atoms with Crippen LogP contribution >= 0.6 is 0 Å². The molecule has 2 aromatic carbocycles. The highest BCUT2D eigenvalue weighted by Gasteiger charge is 2.11. The van der Waals surface area contributed by atoms with Crippen LogP contribution in [-0.2, 0) is 6.42 Å². The van der Waals surface area contributed by atoms with E-state index in [1.807, 2.05) is 30.3 Å². The first-order valence-electron chi connectivity index (χ1n) is 5.16. The Balaban J connectivity index is 2.38. The van der Waals surface area contributed by atoms with Crippen molar-refractivity contribution in [3.8, 4) is 0 Å². The van der Waals surface area contributed by atoms with E-state index in [1.54, 1.807) is 13.0 Å². The van der Waals surface area contributed by atoms with Crippen molar-refractivity contribution in [3.63, 3.8) is 0 Å². The summed E-state index contributed by atoms with van der Waals surface area (Å²) >= 11 is 0. The molecule has 0 radical (unpaired) electrons. The highest BCUT2D eigenvalue weighted by atomic mass is 19.2. The van der Waals surface area contributed by atoms with Crippen molar-refractivity contribution >= 4 is 0 Å². The van der Waals surface area contributed by atoms with Gasteiger partial charge in [-0.3, -0.25) is 0 Å². The van der Waals surface area contributed by atoms with Gasteiger partial charge in [-0.25, -0.2) is 8.78 Å². The van der Waals surface area contributed by atoms with Gasteiger partial charge in [0, 0.05) is 6.42 Å². The molecule has 0 saturated heterocycles. The van der Waals surface area contributed by atoms with Crippen LogP contribution in [0.25, 0.3) is 0 Å². The van der Waals surface area contributed by atoms with Crippen molar-refractivity contribution < 1.29 is 8.78 Å². The Morgan fingerprint density at radius 2 is 1.62 bits per heavy atom. The molecule has 0 aromatic heterocycles. The molecule has 82 valence electrons. The number of hydrogen-bond donors (Lipinski definition) is 0. The topological polar surface area (TPSA) is 0 Å². The summed E-state index contributed by atoms with van der Waals surface area (Å²) in [5.74, 6) is -1.51. The SMILES string of the molecule is Cc1ccc(F)c(F)c1Cc1ccccc1. The molecule has 0 aliphatic rings. The lowest BCUT2D eigenvalue weighted by molar-refractivity contribution is 0.499. The van der Waals surface area contributed by atoms with Crippen molar-refractivity contribution in [2.75, 3.05) is 0 Å². The average Bonchev–Trinajstić information content (AvgIpc) is 2.31. The van der Waals surface area contributed by atoms with Gasteiger partial charge >= 0.3 is 0 Å². The Morgan fingerprint density at radius 3 is 2.31 bits per heavy atom. The van der Waals surface area contributed by atoms with Crippen molar-refractivity contribution in [1.82, 2.24) is 0 Å². The zero-order valence-corrected chi connectivity index (χ0v) is 9.00. The summed E-state index contributed by atoms with van der Waals surface area (Å²) in [6.07, 6.45) is 0.427. The number of aryl methyl sites for hydroxylation is 1. The summed E-state index contributed by atoms with van der Waals surface area (Å²) in [5, 5.41) is 0. The molecule has 0 nitrogen and oxygen atoms in total. The van der Waals surface area contributed by atoms with E-state index in [0.717, 1.165) is 11.1 Å². The van der Waals surface area contributed by atoms with Gasteiger partial charge in [-0.15, -0.1) is 0 Å². The number of halogens is 2. The van der Waals surface area contributed by atoms with E-state index in [2.05, 4.69) is 0 Å². The summed E-state index contributed by atoms with van der Waals surface area (Å²) < 4.78 is 26.7. The molecular formula is C14H12F2. The van der Waals surface area contributed by atoms with Gasteiger partial charge in [0.15, 0.2) is 11.6 Å². The summed E-state index contributed by atoms with van der Waals surface area (Å²) in [5.41, 5.74) is 2.20. The maximum atomic E-state index is 13.6. The third kappa shape index (κ3) is 2.11. The normalized spacial score (nSPS) is 10.4. The summed E-state index contributed by atoms with van der Waals surface area (Å²) in [6, 6.07) is 12.3. The van der Waals surface area contributed by atoms with Crippen LogP contribution in [-0.4, -0.2) is 0 Å². The molecule has 0 unspecified atom stereocenters. The summed E-state index contributed by atoms with van der Waals surface area (Å²) in [7, 11) is 0. The Kier molecular flexibility index (Phi) is 3.00. The molecule has 0 bridgehead atoms. The van der Waals surface area contributed by atoms with Gasteiger partial charge < -0.3 is 0 Å². The molecule has 0 spiro atoms. The highest BCUT2D eigenvalue weighted by molar-refractivity contribution is 5.33. The van der Waals surface area contributed by atoms with E-state index in [0.29, 0.717) is 12.0 Å². The smallest absolute Gasteiger partial charge is 0.162 e.